The minimum Gasteiger partial charge on any atom is -0.497 e. The van der Waals surface area contributed by atoms with E-state index < -0.39 is 10.0 Å². The number of hydrogen-bond acceptors (Lipinski definition) is 9. The number of ether oxygens (including phenoxy) is 3. The predicted octanol–water partition coefficient (Wildman–Crippen LogP) is 4.48. The van der Waals surface area contributed by atoms with Gasteiger partial charge in [0.05, 0.1) is 48.7 Å². The smallest absolute Gasteiger partial charge is 0.269 e. The number of amides is 1. The molecule has 3 aromatic carbocycles. The lowest BCUT2D eigenvalue weighted by atomic mass is 10.1. The second-order valence-corrected chi connectivity index (χ2v) is 11.1. The van der Waals surface area contributed by atoms with Crippen LogP contribution in [0.2, 0.25) is 0 Å². The highest BCUT2D eigenvalue weighted by atomic mass is 32.2. The Labute approximate surface area is 229 Å². The van der Waals surface area contributed by atoms with Crippen LogP contribution < -0.4 is 23.4 Å². The Bertz CT molecular complexity index is 1670. The number of carbonyl (C=O) groups is 1. The Morgan fingerprint density at radius 2 is 1.85 bits per heavy atom. The number of nitriles is 1. The van der Waals surface area contributed by atoms with Gasteiger partial charge in [-0.1, -0.05) is 12.1 Å². The maximum Gasteiger partial charge on any atom is 0.269 e. The lowest BCUT2D eigenvalue weighted by Crippen LogP contribution is -2.36. The van der Waals surface area contributed by atoms with Crippen molar-refractivity contribution in [3.05, 3.63) is 83.4 Å². The summed E-state index contributed by atoms with van der Waals surface area (Å²) in [4.78, 5) is 18.5. The molecule has 0 unspecified atom stereocenters. The molecule has 0 atom stereocenters. The van der Waals surface area contributed by atoms with Gasteiger partial charge in [-0.3, -0.25) is 9.69 Å². The van der Waals surface area contributed by atoms with Gasteiger partial charge >= 0.3 is 0 Å². The molecule has 0 aliphatic carbocycles. The van der Waals surface area contributed by atoms with Crippen LogP contribution in [0.5, 0.6) is 17.2 Å². The van der Waals surface area contributed by atoms with E-state index >= 15 is 0 Å². The lowest BCUT2D eigenvalue weighted by Gasteiger charge is -2.31. The van der Waals surface area contributed by atoms with Crippen LogP contribution in [-0.2, 0) is 21.4 Å². The van der Waals surface area contributed by atoms with Gasteiger partial charge in [-0.05, 0) is 42.0 Å². The van der Waals surface area contributed by atoms with Crippen molar-refractivity contribution in [2.45, 2.75) is 11.4 Å². The number of thiazole rings is 1. The average Bonchev–Trinajstić information content (AvgIpc) is 3.50. The molecule has 2 heterocycles. The molecule has 0 N–H and O–H groups in total. The molecule has 12 heteroatoms. The van der Waals surface area contributed by atoms with Crippen molar-refractivity contribution in [1.29, 1.82) is 5.26 Å². The van der Waals surface area contributed by atoms with Crippen LogP contribution in [0.25, 0.3) is 0 Å². The number of aromatic nitrogens is 1. The van der Waals surface area contributed by atoms with Crippen molar-refractivity contribution in [1.82, 2.24) is 4.98 Å². The van der Waals surface area contributed by atoms with E-state index in [0.717, 1.165) is 5.56 Å². The minimum absolute atomic E-state index is 0.0222. The van der Waals surface area contributed by atoms with Crippen molar-refractivity contribution >= 4 is 43.8 Å². The van der Waals surface area contributed by atoms with Gasteiger partial charge in [-0.15, -0.1) is 11.3 Å². The Balaban J connectivity index is 1.54. The Kier molecular flexibility index (Phi) is 7.10. The van der Waals surface area contributed by atoms with Gasteiger partial charge in [-0.25, -0.2) is 17.7 Å². The van der Waals surface area contributed by atoms with Gasteiger partial charge in [0.25, 0.3) is 15.9 Å². The molecule has 0 fully saturated rings. The Hall–Kier alpha value is -4.60. The van der Waals surface area contributed by atoms with Gasteiger partial charge in [0.15, 0.2) is 11.7 Å². The second kappa shape index (κ2) is 10.6. The van der Waals surface area contributed by atoms with Crippen molar-refractivity contribution in [3.8, 4) is 23.3 Å². The summed E-state index contributed by atoms with van der Waals surface area (Å²) in [5.41, 5.74) is 1.88. The molecular formula is C27H22N4O6S2. The average molecular weight is 563 g/mol. The number of nitrogens with zero attached hydrogens (tertiary/aromatic N) is 4. The van der Waals surface area contributed by atoms with Crippen LogP contribution in [0.1, 0.15) is 11.1 Å². The number of methoxy groups -OCH3 is 2. The summed E-state index contributed by atoms with van der Waals surface area (Å²) in [7, 11) is -1.08. The van der Waals surface area contributed by atoms with E-state index in [-0.39, 0.29) is 29.7 Å². The first kappa shape index (κ1) is 26.0. The number of rotatable bonds is 8. The molecule has 5 rings (SSSR count). The van der Waals surface area contributed by atoms with E-state index in [1.165, 1.54) is 51.9 Å². The molecule has 4 aromatic rings. The monoisotopic (exact) mass is 562 g/mol. The second-order valence-electron chi connectivity index (χ2n) is 8.32. The molecule has 10 nitrogen and oxygen atoms in total. The quantitative estimate of drug-likeness (QED) is 0.308. The number of fused-ring (bicyclic) bond motifs is 1. The lowest BCUT2D eigenvalue weighted by molar-refractivity contribution is -0.120. The third kappa shape index (κ3) is 4.97. The zero-order valence-corrected chi connectivity index (χ0v) is 22.5. The SMILES string of the molecule is COc1ccc(CN(c2nccs2)S(=O)(=O)c2ccc3c(c2)OCC(=O)N3c2ccc(C#N)cc2OC)cc1. The third-order valence-electron chi connectivity index (χ3n) is 6.03. The van der Waals surface area contributed by atoms with Gasteiger partial charge in [-0.2, -0.15) is 5.26 Å². The standard InChI is InChI=1S/C27H22N4O6S2/c1-35-20-6-3-18(4-7-20)16-30(27-29-11-12-38-27)39(33,34)21-8-10-23-25(14-21)37-17-26(32)31(23)22-9-5-19(15-28)13-24(22)36-2/h3-14H,16-17H2,1-2H3. The summed E-state index contributed by atoms with van der Waals surface area (Å²) in [5.74, 6) is 0.823. The molecule has 198 valence electrons. The molecule has 0 radical (unpaired) electrons. The zero-order chi connectivity index (χ0) is 27.6. The maximum absolute atomic E-state index is 13.9. The van der Waals surface area contributed by atoms with E-state index in [1.54, 1.807) is 55.1 Å². The molecule has 0 saturated carbocycles. The number of anilines is 3. The fourth-order valence-corrected chi connectivity index (χ4v) is 6.40. The summed E-state index contributed by atoms with van der Waals surface area (Å²) in [6.45, 7) is -0.257. The zero-order valence-electron chi connectivity index (χ0n) is 20.9. The third-order valence-corrected chi connectivity index (χ3v) is 8.67. The summed E-state index contributed by atoms with van der Waals surface area (Å²) in [5, 5.41) is 11.2. The number of carbonyl (C=O) groups excluding carboxylic acids is 1. The van der Waals surface area contributed by atoms with Crippen LogP contribution in [-0.4, -0.2) is 40.1 Å². The Morgan fingerprint density at radius 3 is 2.51 bits per heavy atom. The number of benzene rings is 3. The summed E-state index contributed by atoms with van der Waals surface area (Å²) in [6, 6.07) is 18.2. The highest BCUT2D eigenvalue weighted by Crippen LogP contribution is 2.43. The first-order valence-corrected chi connectivity index (χ1v) is 13.9. The molecule has 0 saturated heterocycles. The van der Waals surface area contributed by atoms with Crippen LogP contribution in [0.15, 0.2) is 77.1 Å². The molecule has 1 aliphatic heterocycles. The Morgan fingerprint density at radius 1 is 1.08 bits per heavy atom. The van der Waals surface area contributed by atoms with E-state index in [1.807, 2.05) is 6.07 Å². The largest absolute Gasteiger partial charge is 0.497 e. The highest BCUT2D eigenvalue weighted by molar-refractivity contribution is 7.93. The highest BCUT2D eigenvalue weighted by Gasteiger charge is 2.33. The van der Waals surface area contributed by atoms with Crippen LogP contribution in [0, 0.1) is 11.3 Å². The summed E-state index contributed by atoms with van der Waals surface area (Å²) in [6.07, 6.45) is 1.54. The molecule has 0 bridgehead atoms. The molecule has 39 heavy (non-hydrogen) atoms. The summed E-state index contributed by atoms with van der Waals surface area (Å²) < 4.78 is 45.3. The van der Waals surface area contributed by atoms with Crippen molar-refractivity contribution in [2.24, 2.45) is 0 Å². The number of sulfonamides is 1. The van der Waals surface area contributed by atoms with Gasteiger partial charge in [0.2, 0.25) is 0 Å². The maximum atomic E-state index is 13.9. The molecule has 1 amide bonds. The molecule has 0 spiro atoms. The normalized spacial score (nSPS) is 12.7. The fraction of sp³-hybridized carbons (Fsp3) is 0.148. The summed E-state index contributed by atoms with van der Waals surface area (Å²) >= 11 is 1.20. The van der Waals surface area contributed by atoms with E-state index in [9.17, 15) is 18.5 Å². The van der Waals surface area contributed by atoms with E-state index in [2.05, 4.69) is 4.98 Å². The topological polar surface area (TPSA) is 122 Å². The van der Waals surface area contributed by atoms with Crippen LogP contribution >= 0.6 is 11.3 Å². The van der Waals surface area contributed by atoms with Crippen molar-refractivity contribution in [3.63, 3.8) is 0 Å². The predicted molar refractivity (Wildman–Crippen MR) is 145 cm³/mol. The van der Waals surface area contributed by atoms with E-state index in [0.29, 0.717) is 33.6 Å². The molecule has 1 aliphatic rings. The first-order valence-electron chi connectivity index (χ1n) is 11.6. The minimum atomic E-state index is -4.08. The van der Waals surface area contributed by atoms with E-state index in [4.69, 9.17) is 14.2 Å². The van der Waals surface area contributed by atoms with Crippen molar-refractivity contribution in [2.75, 3.05) is 30.0 Å². The molecular weight excluding hydrogens is 540 g/mol. The van der Waals surface area contributed by atoms with Crippen LogP contribution in [0.3, 0.4) is 0 Å². The van der Waals surface area contributed by atoms with Crippen LogP contribution in [0.4, 0.5) is 16.5 Å². The number of hydrogen-bond donors (Lipinski definition) is 0. The first-order chi connectivity index (χ1) is 18.8. The molecule has 1 aromatic heterocycles. The van der Waals surface area contributed by atoms with Gasteiger partial charge in [0.1, 0.15) is 17.2 Å². The van der Waals surface area contributed by atoms with Gasteiger partial charge < -0.3 is 14.2 Å². The van der Waals surface area contributed by atoms with Gasteiger partial charge in [0, 0.05) is 23.7 Å². The van der Waals surface area contributed by atoms with Crippen molar-refractivity contribution < 1.29 is 27.4 Å². The fourth-order valence-electron chi connectivity index (χ4n) is 4.11.